The first kappa shape index (κ1) is 8.10. The Balaban J connectivity index is 2.43. The second kappa shape index (κ2) is 2.63. The number of benzene rings is 1. The normalized spacial score (nSPS) is 13.3. The van der Waals surface area contributed by atoms with E-state index in [9.17, 15) is 9.59 Å². The molecule has 0 saturated carbocycles. The smallest absolute Gasteiger partial charge is 0.314 e. The minimum Gasteiger partial charge on any atom is -0.454 e. The van der Waals surface area contributed by atoms with Crippen molar-refractivity contribution >= 4 is 11.0 Å². The molecule has 0 radical (unpaired) electrons. The van der Waals surface area contributed by atoms with Gasteiger partial charge in [-0.15, -0.1) is 0 Å². The summed E-state index contributed by atoms with van der Waals surface area (Å²) in [6.07, 6.45) is 0. The van der Waals surface area contributed by atoms with E-state index in [2.05, 4.69) is 9.97 Å². The van der Waals surface area contributed by atoms with Gasteiger partial charge in [0.15, 0.2) is 11.5 Å². The molecule has 0 saturated heterocycles. The molecule has 15 heavy (non-hydrogen) atoms. The van der Waals surface area contributed by atoms with Crippen molar-refractivity contribution in [3.8, 4) is 11.5 Å². The summed E-state index contributed by atoms with van der Waals surface area (Å²) < 4.78 is 10.3. The van der Waals surface area contributed by atoms with Crippen LogP contribution in [0.5, 0.6) is 11.5 Å². The molecule has 0 atom stereocenters. The van der Waals surface area contributed by atoms with E-state index < -0.39 is 11.1 Å². The third-order valence-electron chi connectivity index (χ3n) is 2.22. The molecule has 0 bridgehead atoms. The van der Waals surface area contributed by atoms with Gasteiger partial charge in [0.2, 0.25) is 6.79 Å². The van der Waals surface area contributed by atoms with Crippen LogP contribution in [0.2, 0.25) is 0 Å². The Morgan fingerprint density at radius 1 is 0.933 bits per heavy atom. The number of fused-ring (bicyclic) bond motifs is 2. The summed E-state index contributed by atoms with van der Waals surface area (Å²) in [5.41, 5.74) is -0.324. The summed E-state index contributed by atoms with van der Waals surface area (Å²) in [7, 11) is 0. The second-order valence-corrected chi connectivity index (χ2v) is 3.16. The largest absolute Gasteiger partial charge is 0.454 e. The lowest BCUT2D eigenvalue weighted by atomic mass is 10.2. The Morgan fingerprint density at radius 3 is 1.87 bits per heavy atom. The number of aromatic amines is 2. The first-order valence-corrected chi connectivity index (χ1v) is 4.30. The second-order valence-electron chi connectivity index (χ2n) is 3.16. The molecule has 6 nitrogen and oxygen atoms in total. The number of hydrogen-bond acceptors (Lipinski definition) is 4. The van der Waals surface area contributed by atoms with E-state index in [1.165, 1.54) is 0 Å². The van der Waals surface area contributed by atoms with E-state index in [0.717, 1.165) is 0 Å². The van der Waals surface area contributed by atoms with Gasteiger partial charge < -0.3 is 19.4 Å². The molecule has 76 valence electrons. The number of aromatic nitrogens is 2. The Bertz CT molecular complexity index is 599. The fraction of sp³-hybridized carbons (Fsp3) is 0.111. The quantitative estimate of drug-likeness (QED) is 0.591. The lowest BCUT2D eigenvalue weighted by Crippen LogP contribution is -2.28. The lowest BCUT2D eigenvalue weighted by Gasteiger charge is -1.99. The summed E-state index contributed by atoms with van der Waals surface area (Å²) in [5, 5.41) is 0. The fourth-order valence-corrected chi connectivity index (χ4v) is 1.51. The van der Waals surface area contributed by atoms with Crippen molar-refractivity contribution in [2.75, 3.05) is 6.79 Å². The van der Waals surface area contributed by atoms with Crippen molar-refractivity contribution in [3.63, 3.8) is 0 Å². The van der Waals surface area contributed by atoms with Crippen LogP contribution < -0.4 is 20.6 Å². The molecule has 0 aliphatic carbocycles. The average molecular weight is 206 g/mol. The number of hydrogen-bond donors (Lipinski definition) is 2. The molecule has 1 aromatic heterocycles. The Morgan fingerprint density at radius 2 is 1.40 bits per heavy atom. The van der Waals surface area contributed by atoms with Gasteiger partial charge in [0.1, 0.15) is 0 Å². The third kappa shape index (κ3) is 1.11. The molecular formula is C9H6N2O4. The van der Waals surface area contributed by atoms with E-state index in [4.69, 9.17) is 9.47 Å². The molecule has 2 N–H and O–H groups in total. The van der Waals surface area contributed by atoms with Gasteiger partial charge in [0.25, 0.3) is 0 Å². The maximum absolute atomic E-state index is 11.1. The van der Waals surface area contributed by atoms with Crippen LogP contribution in [0.25, 0.3) is 11.0 Å². The fourth-order valence-electron chi connectivity index (χ4n) is 1.51. The predicted molar refractivity (Wildman–Crippen MR) is 51.3 cm³/mol. The summed E-state index contributed by atoms with van der Waals surface area (Å²) in [6.45, 7) is 0.153. The summed E-state index contributed by atoms with van der Waals surface area (Å²) in [5.74, 6) is 1.12. The van der Waals surface area contributed by atoms with Crippen LogP contribution >= 0.6 is 0 Å². The van der Waals surface area contributed by atoms with Crippen LogP contribution in [0.15, 0.2) is 21.7 Å². The van der Waals surface area contributed by atoms with E-state index in [-0.39, 0.29) is 6.79 Å². The number of ether oxygens (including phenoxy) is 2. The van der Waals surface area contributed by atoms with Crippen LogP contribution in [-0.4, -0.2) is 16.8 Å². The topological polar surface area (TPSA) is 84.2 Å². The van der Waals surface area contributed by atoms with Gasteiger partial charge in [-0.1, -0.05) is 0 Å². The van der Waals surface area contributed by atoms with Gasteiger partial charge in [0, 0.05) is 12.1 Å². The van der Waals surface area contributed by atoms with Crippen molar-refractivity contribution in [2.24, 2.45) is 0 Å². The van der Waals surface area contributed by atoms with Gasteiger partial charge in [-0.3, -0.25) is 9.59 Å². The first-order chi connectivity index (χ1) is 7.24. The molecule has 0 fully saturated rings. The summed E-state index contributed by atoms with van der Waals surface area (Å²) >= 11 is 0. The van der Waals surface area contributed by atoms with Gasteiger partial charge in [-0.05, 0) is 0 Å². The third-order valence-corrected chi connectivity index (χ3v) is 2.22. The van der Waals surface area contributed by atoms with E-state index in [0.29, 0.717) is 22.5 Å². The zero-order valence-electron chi connectivity index (χ0n) is 7.49. The molecule has 2 heterocycles. The maximum atomic E-state index is 11.1. The standard InChI is InChI=1S/C9H6N2O4/c12-8-9(13)11-5-2-7-6(14-3-15-7)1-4(5)10-8/h1-2H,3H2,(H,10,12)(H,11,13). The van der Waals surface area contributed by atoms with E-state index in [1.807, 2.05) is 0 Å². The van der Waals surface area contributed by atoms with Crippen molar-refractivity contribution < 1.29 is 9.47 Å². The van der Waals surface area contributed by atoms with E-state index in [1.54, 1.807) is 12.1 Å². The predicted octanol–water partition coefficient (Wildman–Crippen LogP) is -0.0549. The minimum absolute atomic E-state index is 0.153. The first-order valence-electron chi connectivity index (χ1n) is 4.30. The summed E-state index contributed by atoms with van der Waals surface area (Å²) in [4.78, 5) is 27.0. The Kier molecular flexibility index (Phi) is 1.42. The van der Waals surface area contributed by atoms with Gasteiger partial charge in [-0.25, -0.2) is 0 Å². The molecule has 1 aliphatic heterocycles. The highest BCUT2D eigenvalue weighted by atomic mass is 16.7. The lowest BCUT2D eigenvalue weighted by molar-refractivity contribution is 0.174. The maximum Gasteiger partial charge on any atom is 0.314 e. The van der Waals surface area contributed by atoms with Gasteiger partial charge >= 0.3 is 11.1 Å². The zero-order chi connectivity index (χ0) is 10.4. The molecule has 1 aromatic carbocycles. The van der Waals surface area contributed by atoms with Crippen molar-refractivity contribution in [3.05, 3.63) is 32.8 Å². The monoisotopic (exact) mass is 206 g/mol. The average Bonchev–Trinajstić information content (AvgIpc) is 2.63. The van der Waals surface area contributed by atoms with Crippen LogP contribution in [-0.2, 0) is 0 Å². The minimum atomic E-state index is -0.679. The van der Waals surface area contributed by atoms with Crippen molar-refractivity contribution in [1.82, 2.24) is 9.97 Å². The highest BCUT2D eigenvalue weighted by molar-refractivity contribution is 5.78. The Labute approximate surface area is 82.5 Å². The summed E-state index contributed by atoms with van der Waals surface area (Å²) in [6, 6.07) is 3.24. The highest BCUT2D eigenvalue weighted by Crippen LogP contribution is 2.34. The van der Waals surface area contributed by atoms with Gasteiger partial charge in [-0.2, -0.15) is 0 Å². The van der Waals surface area contributed by atoms with Crippen LogP contribution in [0.4, 0.5) is 0 Å². The molecule has 1 aliphatic rings. The molecular weight excluding hydrogens is 200 g/mol. The zero-order valence-corrected chi connectivity index (χ0v) is 7.49. The SMILES string of the molecule is O=c1[nH]c2cc3c(cc2[nH]c1=O)OCO3. The van der Waals surface area contributed by atoms with Crippen LogP contribution in [0.3, 0.4) is 0 Å². The molecule has 2 aromatic rings. The van der Waals surface area contributed by atoms with E-state index >= 15 is 0 Å². The number of rotatable bonds is 0. The van der Waals surface area contributed by atoms with Crippen LogP contribution in [0.1, 0.15) is 0 Å². The number of nitrogens with one attached hydrogen (secondary N) is 2. The Hall–Kier alpha value is -2.24. The van der Waals surface area contributed by atoms with Crippen LogP contribution in [0, 0.1) is 0 Å². The molecule has 0 spiro atoms. The molecule has 3 rings (SSSR count). The molecule has 6 heteroatoms. The van der Waals surface area contributed by atoms with Crippen molar-refractivity contribution in [2.45, 2.75) is 0 Å². The number of H-pyrrole nitrogens is 2. The molecule has 0 unspecified atom stereocenters. The van der Waals surface area contributed by atoms with Gasteiger partial charge in [0.05, 0.1) is 11.0 Å². The van der Waals surface area contributed by atoms with Crippen molar-refractivity contribution in [1.29, 1.82) is 0 Å². The highest BCUT2D eigenvalue weighted by Gasteiger charge is 2.14. The molecule has 0 amide bonds.